The third-order valence-corrected chi connectivity index (χ3v) is 4.57. The molecule has 0 fully saturated rings. The molecule has 3 aromatic carbocycles. The molecule has 29 heavy (non-hydrogen) atoms. The molecular formula is C25H20O4. The predicted molar refractivity (Wildman–Crippen MR) is 115 cm³/mol. The van der Waals surface area contributed by atoms with Gasteiger partial charge in [-0.05, 0) is 47.0 Å². The molecule has 4 aromatic rings. The summed E-state index contributed by atoms with van der Waals surface area (Å²) < 4.78 is 16.4. The van der Waals surface area contributed by atoms with Crippen molar-refractivity contribution in [1.82, 2.24) is 0 Å². The van der Waals surface area contributed by atoms with E-state index in [1.807, 2.05) is 78.9 Å². The number of methoxy groups -OCH3 is 1. The molecule has 144 valence electrons. The van der Waals surface area contributed by atoms with Crippen LogP contribution < -0.4 is 15.1 Å². The molecule has 4 nitrogen and oxygen atoms in total. The fraction of sp³-hybridized carbons (Fsp3) is 0.0800. The lowest BCUT2D eigenvalue weighted by Gasteiger charge is -2.09. The Kier molecular flexibility index (Phi) is 5.43. The van der Waals surface area contributed by atoms with Gasteiger partial charge in [0.25, 0.3) is 0 Å². The van der Waals surface area contributed by atoms with Crippen molar-refractivity contribution in [3.8, 4) is 22.6 Å². The van der Waals surface area contributed by atoms with Crippen molar-refractivity contribution in [3.05, 3.63) is 101 Å². The van der Waals surface area contributed by atoms with Gasteiger partial charge in [0.15, 0.2) is 0 Å². The molecule has 0 spiro atoms. The minimum absolute atomic E-state index is 0.399. The lowest BCUT2D eigenvalue weighted by molar-refractivity contribution is 0.363. The van der Waals surface area contributed by atoms with Crippen LogP contribution in [-0.2, 0) is 0 Å². The molecule has 0 atom stereocenters. The first-order valence-electron chi connectivity index (χ1n) is 9.30. The summed E-state index contributed by atoms with van der Waals surface area (Å²) in [5.74, 6) is 1.41. The van der Waals surface area contributed by atoms with Crippen LogP contribution >= 0.6 is 0 Å². The van der Waals surface area contributed by atoms with Gasteiger partial charge in [0, 0.05) is 17.5 Å². The molecule has 1 heterocycles. The number of ether oxygens (including phenoxy) is 2. The topological polar surface area (TPSA) is 48.7 Å². The fourth-order valence-corrected chi connectivity index (χ4v) is 3.13. The monoisotopic (exact) mass is 384 g/mol. The van der Waals surface area contributed by atoms with Gasteiger partial charge in [0.1, 0.15) is 23.7 Å². The van der Waals surface area contributed by atoms with Crippen molar-refractivity contribution >= 4 is 17.0 Å². The molecule has 0 aliphatic rings. The van der Waals surface area contributed by atoms with Crippen molar-refractivity contribution in [3.63, 3.8) is 0 Å². The standard InChI is InChI=1S/C25H20O4/c1-27-20-11-9-19(10-12-20)23-17-25(26)29-24-16-21(13-14-22(23)24)28-15-5-8-18-6-3-2-4-7-18/h2-14,16-17H,15H2,1H3/b8-5+. The average Bonchev–Trinajstić information content (AvgIpc) is 2.77. The van der Waals surface area contributed by atoms with Gasteiger partial charge in [-0.3, -0.25) is 0 Å². The van der Waals surface area contributed by atoms with Gasteiger partial charge in [-0.25, -0.2) is 4.79 Å². The maximum Gasteiger partial charge on any atom is 0.336 e. The zero-order valence-corrected chi connectivity index (χ0v) is 16.0. The maximum absolute atomic E-state index is 12.1. The van der Waals surface area contributed by atoms with Crippen LogP contribution in [0.15, 0.2) is 94.2 Å². The predicted octanol–water partition coefficient (Wildman–Crippen LogP) is 5.56. The molecule has 0 aliphatic heterocycles. The number of hydrogen-bond donors (Lipinski definition) is 0. The summed E-state index contributed by atoms with van der Waals surface area (Å²) in [7, 11) is 1.62. The molecule has 0 saturated carbocycles. The van der Waals surface area contributed by atoms with Gasteiger partial charge in [0.05, 0.1) is 7.11 Å². The zero-order valence-electron chi connectivity index (χ0n) is 16.0. The Labute approximate surface area is 168 Å². The Hall–Kier alpha value is -3.79. The Morgan fingerprint density at radius 3 is 2.41 bits per heavy atom. The molecule has 0 N–H and O–H groups in total. The quantitative estimate of drug-likeness (QED) is 0.408. The minimum atomic E-state index is -0.399. The van der Waals surface area contributed by atoms with Gasteiger partial charge >= 0.3 is 5.63 Å². The van der Waals surface area contributed by atoms with Crippen molar-refractivity contribution in [1.29, 1.82) is 0 Å². The highest BCUT2D eigenvalue weighted by Crippen LogP contribution is 2.30. The summed E-state index contributed by atoms with van der Waals surface area (Å²) in [4.78, 5) is 12.1. The van der Waals surface area contributed by atoms with E-state index in [1.54, 1.807) is 13.2 Å². The van der Waals surface area contributed by atoms with E-state index in [0.717, 1.165) is 27.8 Å². The Morgan fingerprint density at radius 2 is 1.66 bits per heavy atom. The summed E-state index contributed by atoms with van der Waals surface area (Å²) >= 11 is 0. The van der Waals surface area contributed by atoms with Crippen LogP contribution in [-0.4, -0.2) is 13.7 Å². The lowest BCUT2D eigenvalue weighted by atomic mass is 10.0. The maximum atomic E-state index is 12.1. The average molecular weight is 384 g/mol. The summed E-state index contributed by atoms with van der Waals surface area (Å²) in [6.45, 7) is 0.419. The van der Waals surface area contributed by atoms with Crippen LogP contribution in [0.1, 0.15) is 5.56 Å². The SMILES string of the molecule is COc1ccc(-c2cc(=O)oc3cc(OC/C=C/c4ccccc4)ccc23)cc1. The minimum Gasteiger partial charge on any atom is -0.497 e. The highest BCUT2D eigenvalue weighted by molar-refractivity contribution is 5.93. The van der Waals surface area contributed by atoms with Crippen molar-refractivity contribution in [2.75, 3.05) is 13.7 Å². The first kappa shape index (κ1) is 18.6. The summed E-state index contributed by atoms with van der Waals surface area (Å²) in [6.07, 6.45) is 3.95. The Bertz CT molecular complexity index is 1190. The molecule has 0 saturated heterocycles. The smallest absolute Gasteiger partial charge is 0.336 e. The first-order chi connectivity index (χ1) is 14.2. The third-order valence-electron chi connectivity index (χ3n) is 4.57. The van der Waals surface area contributed by atoms with E-state index in [-0.39, 0.29) is 0 Å². The van der Waals surface area contributed by atoms with Crippen LogP contribution in [0, 0.1) is 0 Å². The number of hydrogen-bond acceptors (Lipinski definition) is 4. The van der Waals surface area contributed by atoms with Gasteiger partial charge < -0.3 is 13.9 Å². The number of rotatable bonds is 6. The molecule has 0 unspecified atom stereocenters. The summed E-state index contributed by atoms with van der Waals surface area (Å²) in [6, 6.07) is 24.7. The highest BCUT2D eigenvalue weighted by Gasteiger charge is 2.09. The van der Waals surface area contributed by atoms with E-state index in [2.05, 4.69) is 0 Å². The normalized spacial score (nSPS) is 11.1. The first-order valence-corrected chi connectivity index (χ1v) is 9.30. The molecule has 4 heteroatoms. The molecular weight excluding hydrogens is 364 g/mol. The Balaban J connectivity index is 1.57. The zero-order chi connectivity index (χ0) is 20.1. The lowest BCUT2D eigenvalue weighted by Crippen LogP contribution is -1.99. The van der Waals surface area contributed by atoms with E-state index >= 15 is 0 Å². The van der Waals surface area contributed by atoms with E-state index in [1.165, 1.54) is 6.07 Å². The van der Waals surface area contributed by atoms with Gasteiger partial charge in [-0.1, -0.05) is 48.5 Å². The van der Waals surface area contributed by atoms with E-state index in [4.69, 9.17) is 13.9 Å². The van der Waals surface area contributed by atoms with E-state index in [0.29, 0.717) is 17.9 Å². The van der Waals surface area contributed by atoms with Crippen molar-refractivity contribution < 1.29 is 13.9 Å². The number of benzene rings is 3. The largest absolute Gasteiger partial charge is 0.497 e. The van der Waals surface area contributed by atoms with E-state index < -0.39 is 5.63 Å². The number of fused-ring (bicyclic) bond motifs is 1. The molecule has 0 radical (unpaired) electrons. The molecule has 0 aliphatic carbocycles. The summed E-state index contributed by atoms with van der Waals surface area (Å²) in [5.41, 5.74) is 2.94. The van der Waals surface area contributed by atoms with Crippen molar-refractivity contribution in [2.24, 2.45) is 0 Å². The molecule has 1 aromatic heterocycles. The van der Waals surface area contributed by atoms with Crippen LogP contribution in [0.2, 0.25) is 0 Å². The third kappa shape index (κ3) is 4.38. The molecule has 0 amide bonds. The van der Waals surface area contributed by atoms with Crippen LogP contribution in [0.3, 0.4) is 0 Å². The second kappa shape index (κ2) is 8.48. The van der Waals surface area contributed by atoms with Crippen LogP contribution in [0.4, 0.5) is 0 Å². The van der Waals surface area contributed by atoms with Crippen molar-refractivity contribution in [2.45, 2.75) is 0 Å². The van der Waals surface area contributed by atoms with E-state index in [9.17, 15) is 4.79 Å². The Morgan fingerprint density at radius 1 is 0.897 bits per heavy atom. The second-order valence-corrected chi connectivity index (χ2v) is 6.49. The highest BCUT2D eigenvalue weighted by atomic mass is 16.5. The van der Waals surface area contributed by atoms with Gasteiger partial charge in [0.2, 0.25) is 0 Å². The van der Waals surface area contributed by atoms with Crippen LogP contribution in [0.5, 0.6) is 11.5 Å². The fourth-order valence-electron chi connectivity index (χ4n) is 3.13. The summed E-state index contributed by atoms with van der Waals surface area (Å²) in [5, 5.41) is 0.849. The van der Waals surface area contributed by atoms with Gasteiger partial charge in [-0.15, -0.1) is 0 Å². The van der Waals surface area contributed by atoms with Crippen LogP contribution in [0.25, 0.3) is 28.2 Å². The molecule has 0 bridgehead atoms. The second-order valence-electron chi connectivity index (χ2n) is 6.49. The van der Waals surface area contributed by atoms with Gasteiger partial charge in [-0.2, -0.15) is 0 Å². The molecule has 4 rings (SSSR count).